The lowest BCUT2D eigenvalue weighted by Gasteiger charge is -2.25. The van der Waals surface area contributed by atoms with Crippen LogP contribution in [-0.4, -0.2) is 31.7 Å². The largest absolute Gasteiger partial charge is 0.326 e. The molecule has 1 saturated heterocycles. The summed E-state index contributed by atoms with van der Waals surface area (Å²) in [6, 6.07) is 13.0. The molecule has 0 atom stereocenters. The van der Waals surface area contributed by atoms with Crippen molar-refractivity contribution in [3.8, 4) is 0 Å². The number of carbonyl (C=O) groups is 1. The van der Waals surface area contributed by atoms with Gasteiger partial charge in [0, 0.05) is 25.2 Å². The fourth-order valence-corrected chi connectivity index (χ4v) is 5.40. The molecular formula is C24H32N2O3S. The lowest BCUT2D eigenvalue weighted by molar-refractivity contribution is -0.116. The van der Waals surface area contributed by atoms with Crippen LogP contribution in [0.1, 0.15) is 62.1 Å². The number of anilines is 1. The number of amides is 1. The quantitative estimate of drug-likeness (QED) is 0.684. The van der Waals surface area contributed by atoms with E-state index in [0.717, 1.165) is 41.6 Å². The van der Waals surface area contributed by atoms with Gasteiger partial charge in [-0.1, -0.05) is 50.6 Å². The zero-order chi connectivity index (χ0) is 21.7. The van der Waals surface area contributed by atoms with Crippen LogP contribution in [0.25, 0.3) is 0 Å². The molecule has 0 bridgehead atoms. The minimum atomic E-state index is -3.41. The van der Waals surface area contributed by atoms with Crippen LogP contribution < -0.4 is 5.32 Å². The summed E-state index contributed by atoms with van der Waals surface area (Å²) < 4.78 is 27.1. The summed E-state index contributed by atoms with van der Waals surface area (Å²) in [6.45, 7) is 7.43. The maximum Gasteiger partial charge on any atom is 0.243 e. The van der Waals surface area contributed by atoms with Crippen LogP contribution in [0.4, 0.5) is 5.69 Å². The lowest BCUT2D eigenvalue weighted by atomic mass is 9.98. The van der Waals surface area contributed by atoms with Crippen molar-refractivity contribution in [2.24, 2.45) is 0 Å². The number of hydrogen-bond donors (Lipinski definition) is 1. The summed E-state index contributed by atoms with van der Waals surface area (Å²) in [4.78, 5) is 12.9. The average Bonchev–Trinajstić information content (AvgIpc) is 2.74. The molecule has 6 heteroatoms. The first-order valence-corrected chi connectivity index (χ1v) is 12.2. The van der Waals surface area contributed by atoms with E-state index in [2.05, 4.69) is 25.2 Å². The van der Waals surface area contributed by atoms with E-state index in [4.69, 9.17) is 0 Å². The molecule has 1 fully saturated rings. The average molecular weight is 429 g/mol. The number of para-hydroxylation sites is 1. The minimum absolute atomic E-state index is 0.0313. The number of nitrogens with zero attached hydrogens (tertiary/aromatic N) is 1. The number of sulfonamides is 1. The second-order valence-corrected chi connectivity index (χ2v) is 10.3. The van der Waals surface area contributed by atoms with Gasteiger partial charge in [-0.2, -0.15) is 4.31 Å². The summed E-state index contributed by atoms with van der Waals surface area (Å²) in [7, 11) is -3.41. The standard InChI is InChI=1S/C24H32N2O3S/c1-18(2)22-9-7-8-19(3)24(22)25-23(27)15-12-20-10-13-21(14-11-20)30(28,29)26-16-5-4-6-17-26/h7-11,13-14,18H,4-6,12,15-17H2,1-3H3,(H,25,27). The molecule has 0 saturated carbocycles. The molecular weight excluding hydrogens is 396 g/mol. The molecule has 0 aliphatic carbocycles. The van der Waals surface area contributed by atoms with Gasteiger partial charge in [0.15, 0.2) is 0 Å². The van der Waals surface area contributed by atoms with Crippen LogP contribution in [0.15, 0.2) is 47.4 Å². The van der Waals surface area contributed by atoms with E-state index in [-0.39, 0.29) is 5.91 Å². The van der Waals surface area contributed by atoms with E-state index in [1.807, 2.05) is 31.2 Å². The van der Waals surface area contributed by atoms with Gasteiger partial charge in [0.2, 0.25) is 15.9 Å². The normalized spacial score (nSPS) is 15.3. The Morgan fingerprint density at radius 3 is 2.33 bits per heavy atom. The van der Waals surface area contributed by atoms with Crippen LogP contribution in [-0.2, 0) is 21.2 Å². The fourth-order valence-electron chi connectivity index (χ4n) is 3.88. The third kappa shape index (κ3) is 5.29. The number of piperidine rings is 1. The van der Waals surface area contributed by atoms with Crippen molar-refractivity contribution in [1.82, 2.24) is 4.31 Å². The van der Waals surface area contributed by atoms with Crippen molar-refractivity contribution < 1.29 is 13.2 Å². The summed E-state index contributed by atoms with van der Waals surface area (Å²) in [5.74, 6) is 0.297. The zero-order valence-electron chi connectivity index (χ0n) is 18.1. The Hall–Kier alpha value is -2.18. The Balaban J connectivity index is 1.61. The van der Waals surface area contributed by atoms with Gasteiger partial charge in [-0.15, -0.1) is 0 Å². The second-order valence-electron chi connectivity index (χ2n) is 8.35. The van der Waals surface area contributed by atoms with Gasteiger partial charge in [0.25, 0.3) is 0 Å². The van der Waals surface area contributed by atoms with Crippen molar-refractivity contribution in [2.45, 2.75) is 63.7 Å². The molecule has 0 spiro atoms. The van der Waals surface area contributed by atoms with Gasteiger partial charge in [0.1, 0.15) is 0 Å². The number of rotatable bonds is 7. The molecule has 0 radical (unpaired) electrons. The molecule has 1 aliphatic heterocycles. The molecule has 2 aromatic rings. The molecule has 162 valence electrons. The van der Waals surface area contributed by atoms with Crippen LogP contribution in [0.5, 0.6) is 0 Å². The van der Waals surface area contributed by atoms with E-state index in [0.29, 0.717) is 36.7 Å². The summed E-state index contributed by atoms with van der Waals surface area (Å²) in [6.07, 6.45) is 3.86. The van der Waals surface area contributed by atoms with Gasteiger partial charge < -0.3 is 5.32 Å². The maximum atomic E-state index is 12.7. The van der Waals surface area contributed by atoms with Gasteiger partial charge in [-0.05, 0) is 60.9 Å². The zero-order valence-corrected chi connectivity index (χ0v) is 19.0. The van der Waals surface area contributed by atoms with Crippen LogP contribution in [0, 0.1) is 6.92 Å². The first-order chi connectivity index (χ1) is 14.3. The molecule has 5 nitrogen and oxygen atoms in total. The van der Waals surface area contributed by atoms with Crippen LogP contribution in [0.2, 0.25) is 0 Å². The number of benzene rings is 2. The van der Waals surface area contributed by atoms with Crippen LogP contribution in [0.3, 0.4) is 0 Å². The van der Waals surface area contributed by atoms with Gasteiger partial charge in [-0.25, -0.2) is 8.42 Å². The molecule has 0 aromatic heterocycles. The van der Waals surface area contributed by atoms with E-state index < -0.39 is 10.0 Å². The topological polar surface area (TPSA) is 66.5 Å². The first kappa shape index (κ1) is 22.5. The third-order valence-electron chi connectivity index (χ3n) is 5.71. The van der Waals surface area contributed by atoms with E-state index in [1.54, 1.807) is 16.4 Å². The summed E-state index contributed by atoms with van der Waals surface area (Å²) >= 11 is 0. The van der Waals surface area contributed by atoms with Crippen molar-refractivity contribution in [1.29, 1.82) is 0 Å². The lowest BCUT2D eigenvalue weighted by Crippen LogP contribution is -2.35. The van der Waals surface area contributed by atoms with E-state index in [1.165, 1.54) is 0 Å². The number of hydrogen-bond acceptors (Lipinski definition) is 3. The third-order valence-corrected chi connectivity index (χ3v) is 7.62. The predicted octanol–water partition coefficient (Wildman–Crippen LogP) is 4.86. The summed E-state index contributed by atoms with van der Waals surface area (Å²) in [5.41, 5.74) is 4.05. The Morgan fingerprint density at radius 1 is 1.03 bits per heavy atom. The molecule has 3 rings (SSSR count). The van der Waals surface area contributed by atoms with Gasteiger partial charge in [0.05, 0.1) is 4.90 Å². The minimum Gasteiger partial charge on any atom is -0.326 e. The number of aryl methyl sites for hydroxylation is 2. The highest BCUT2D eigenvalue weighted by atomic mass is 32.2. The van der Waals surface area contributed by atoms with E-state index >= 15 is 0 Å². The Morgan fingerprint density at radius 2 is 1.70 bits per heavy atom. The Kier molecular flexibility index (Phi) is 7.32. The molecule has 1 heterocycles. The predicted molar refractivity (Wildman–Crippen MR) is 121 cm³/mol. The molecule has 1 aliphatic rings. The van der Waals surface area contributed by atoms with Crippen molar-refractivity contribution in [2.75, 3.05) is 18.4 Å². The summed E-state index contributed by atoms with van der Waals surface area (Å²) in [5, 5.41) is 3.07. The Labute approximate surface area is 180 Å². The SMILES string of the molecule is Cc1cccc(C(C)C)c1NC(=O)CCc1ccc(S(=O)(=O)N2CCCCC2)cc1. The van der Waals surface area contributed by atoms with Crippen molar-refractivity contribution in [3.63, 3.8) is 0 Å². The fraction of sp³-hybridized carbons (Fsp3) is 0.458. The molecule has 30 heavy (non-hydrogen) atoms. The second kappa shape index (κ2) is 9.75. The molecule has 1 N–H and O–H groups in total. The smallest absolute Gasteiger partial charge is 0.243 e. The van der Waals surface area contributed by atoms with Gasteiger partial charge >= 0.3 is 0 Å². The number of carbonyl (C=O) groups excluding carboxylic acids is 1. The van der Waals surface area contributed by atoms with Gasteiger partial charge in [-0.3, -0.25) is 4.79 Å². The first-order valence-electron chi connectivity index (χ1n) is 10.8. The molecule has 0 unspecified atom stereocenters. The number of nitrogens with one attached hydrogen (secondary N) is 1. The monoisotopic (exact) mass is 428 g/mol. The molecule has 1 amide bonds. The van der Waals surface area contributed by atoms with Crippen molar-refractivity contribution >= 4 is 21.6 Å². The Bertz CT molecular complexity index is 976. The van der Waals surface area contributed by atoms with Crippen molar-refractivity contribution in [3.05, 3.63) is 59.2 Å². The maximum absolute atomic E-state index is 12.7. The highest BCUT2D eigenvalue weighted by Crippen LogP contribution is 2.27. The highest BCUT2D eigenvalue weighted by molar-refractivity contribution is 7.89. The van der Waals surface area contributed by atoms with E-state index in [9.17, 15) is 13.2 Å². The van der Waals surface area contributed by atoms with Crippen LogP contribution >= 0.6 is 0 Å². The highest BCUT2D eigenvalue weighted by Gasteiger charge is 2.25. The molecule has 2 aromatic carbocycles.